The van der Waals surface area contributed by atoms with Crippen LogP contribution in [0.2, 0.25) is 0 Å². The first-order valence-corrected chi connectivity index (χ1v) is 9.92. The van der Waals surface area contributed by atoms with Gasteiger partial charge in [-0.15, -0.1) is 0 Å². The molecule has 0 aromatic heterocycles. The van der Waals surface area contributed by atoms with Gasteiger partial charge in [-0.1, -0.05) is 24.3 Å². The van der Waals surface area contributed by atoms with Crippen molar-refractivity contribution < 1.29 is 16.8 Å². The fraction of sp³-hybridized carbons (Fsp3) is 0.429. The molecule has 1 atom stereocenters. The molecule has 0 unspecified atom stereocenters. The minimum absolute atomic E-state index is 0.0325. The van der Waals surface area contributed by atoms with Gasteiger partial charge in [-0.3, -0.25) is 0 Å². The number of nitrogens with one attached hydrogen (secondary N) is 1. The lowest BCUT2D eigenvalue weighted by atomic mass is 10.1. The minimum atomic E-state index is -3.51. The summed E-state index contributed by atoms with van der Waals surface area (Å²) in [6.07, 6.45) is 0.630. The van der Waals surface area contributed by atoms with E-state index in [0.29, 0.717) is 19.5 Å². The molecule has 1 N–H and O–H groups in total. The molecule has 1 aliphatic rings. The highest BCUT2D eigenvalue weighted by Gasteiger charge is 2.32. The summed E-state index contributed by atoms with van der Waals surface area (Å²) in [4.78, 5) is 0.269. The van der Waals surface area contributed by atoms with E-state index in [1.165, 1.54) is 4.31 Å². The lowest BCUT2D eigenvalue weighted by Gasteiger charge is -2.17. The van der Waals surface area contributed by atoms with Gasteiger partial charge in [0.05, 0.1) is 4.90 Å². The first-order chi connectivity index (χ1) is 10.2. The SMILES string of the molecule is C=CS(=O)(=O)NC[C@H]1CCN(S(=O)(=O)c2ccc(C)cc2)C1. The average molecular weight is 344 g/mol. The van der Waals surface area contributed by atoms with Crippen LogP contribution >= 0.6 is 0 Å². The van der Waals surface area contributed by atoms with Gasteiger partial charge in [0.2, 0.25) is 20.0 Å². The molecule has 22 heavy (non-hydrogen) atoms. The van der Waals surface area contributed by atoms with Gasteiger partial charge in [-0.2, -0.15) is 4.31 Å². The topological polar surface area (TPSA) is 83.6 Å². The van der Waals surface area contributed by atoms with E-state index in [-0.39, 0.29) is 17.4 Å². The van der Waals surface area contributed by atoms with Gasteiger partial charge in [-0.25, -0.2) is 21.6 Å². The van der Waals surface area contributed by atoms with E-state index < -0.39 is 20.0 Å². The summed E-state index contributed by atoms with van der Waals surface area (Å²) in [6, 6.07) is 6.72. The Morgan fingerprint density at radius 1 is 1.27 bits per heavy atom. The molecular formula is C14H20N2O4S2. The molecule has 0 amide bonds. The second-order valence-electron chi connectivity index (χ2n) is 5.39. The molecular weight excluding hydrogens is 324 g/mol. The van der Waals surface area contributed by atoms with E-state index in [1.807, 2.05) is 6.92 Å². The highest BCUT2D eigenvalue weighted by atomic mass is 32.2. The summed E-state index contributed by atoms with van der Waals surface area (Å²) in [5.41, 5.74) is 0.997. The predicted octanol–water partition coefficient (Wildman–Crippen LogP) is 1.07. The molecule has 1 heterocycles. The Hall–Kier alpha value is -1.22. The minimum Gasteiger partial charge on any atom is -0.211 e. The average Bonchev–Trinajstić information content (AvgIpc) is 2.95. The molecule has 122 valence electrons. The van der Waals surface area contributed by atoms with Crippen LogP contribution in [-0.4, -0.2) is 40.8 Å². The van der Waals surface area contributed by atoms with Gasteiger partial charge in [0, 0.05) is 25.0 Å². The largest absolute Gasteiger partial charge is 0.243 e. The first kappa shape index (κ1) is 17.1. The Labute approximate surface area is 131 Å². The Bertz CT molecular complexity index is 740. The zero-order chi connectivity index (χ0) is 16.4. The van der Waals surface area contributed by atoms with Crippen molar-refractivity contribution in [2.45, 2.75) is 18.2 Å². The Balaban J connectivity index is 2.03. The second kappa shape index (κ2) is 6.49. The molecule has 0 spiro atoms. The van der Waals surface area contributed by atoms with Crippen molar-refractivity contribution in [2.24, 2.45) is 5.92 Å². The fourth-order valence-electron chi connectivity index (χ4n) is 2.33. The van der Waals surface area contributed by atoms with Crippen LogP contribution in [0.5, 0.6) is 0 Å². The lowest BCUT2D eigenvalue weighted by molar-refractivity contribution is 0.455. The molecule has 2 rings (SSSR count). The summed E-state index contributed by atoms with van der Waals surface area (Å²) in [7, 11) is -6.98. The maximum absolute atomic E-state index is 12.5. The van der Waals surface area contributed by atoms with Crippen LogP contribution in [0.1, 0.15) is 12.0 Å². The molecule has 1 aromatic carbocycles. The lowest BCUT2D eigenvalue weighted by Crippen LogP contribution is -2.32. The summed E-state index contributed by atoms with van der Waals surface area (Å²) in [6.45, 7) is 6.05. The van der Waals surface area contributed by atoms with Gasteiger partial charge >= 0.3 is 0 Å². The van der Waals surface area contributed by atoms with E-state index in [2.05, 4.69) is 11.3 Å². The van der Waals surface area contributed by atoms with Crippen molar-refractivity contribution in [3.63, 3.8) is 0 Å². The number of hydrogen-bond acceptors (Lipinski definition) is 4. The van der Waals surface area contributed by atoms with E-state index in [1.54, 1.807) is 24.3 Å². The molecule has 1 saturated heterocycles. The summed E-state index contributed by atoms with van der Waals surface area (Å²) in [5, 5.41) is 0.850. The first-order valence-electron chi connectivity index (χ1n) is 6.93. The van der Waals surface area contributed by atoms with Gasteiger partial charge in [-0.05, 0) is 31.4 Å². The normalized spacial score (nSPS) is 20.1. The van der Waals surface area contributed by atoms with Crippen molar-refractivity contribution in [3.05, 3.63) is 41.8 Å². The number of aryl methyl sites for hydroxylation is 1. The zero-order valence-corrected chi connectivity index (χ0v) is 14.0. The van der Waals surface area contributed by atoms with Gasteiger partial charge < -0.3 is 0 Å². The quantitative estimate of drug-likeness (QED) is 0.837. The van der Waals surface area contributed by atoms with Gasteiger partial charge in [0.25, 0.3) is 0 Å². The highest BCUT2D eigenvalue weighted by Crippen LogP contribution is 2.24. The summed E-state index contributed by atoms with van der Waals surface area (Å²) >= 11 is 0. The highest BCUT2D eigenvalue weighted by molar-refractivity contribution is 7.92. The number of rotatable bonds is 6. The van der Waals surface area contributed by atoms with Crippen molar-refractivity contribution in [1.29, 1.82) is 0 Å². The number of benzene rings is 1. The van der Waals surface area contributed by atoms with Crippen LogP contribution < -0.4 is 4.72 Å². The maximum atomic E-state index is 12.5. The third-order valence-corrected chi connectivity index (χ3v) is 6.59. The molecule has 0 saturated carbocycles. The Morgan fingerprint density at radius 2 is 1.91 bits per heavy atom. The molecule has 0 aliphatic carbocycles. The maximum Gasteiger partial charge on any atom is 0.243 e. The van der Waals surface area contributed by atoms with E-state index in [9.17, 15) is 16.8 Å². The van der Waals surface area contributed by atoms with Crippen molar-refractivity contribution in [2.75, 3.05) is 19.6 Å². The summed E-state index contributed by atoms with van der Waals surface area (Å²) in [5.74, 6) is -0.0325. The van der Waals surface area contributed by atoms with Crippen molar-refractivity contribution >= 4 is 20.0 Å². The van der Waals surface area contributed by atoms with Crippen molar-refractivity contribution in [3.8, 4) is 0 Å². The van der Waals surface area contributed by atoms with Crippen LogP contribution in [0, 0.1) is 12.8 Å². The molecule has 0 radical (unpaired) electrons. The van der Waals surface area contributed by atoms with Crippen LogP contribution in [-0.2, 0) is 20.0 Å². The van der Waals surface area contributed by atoms with Crippen molar-refractivity contribution in [1.82, 2.24) is 9.03 Å². The fourth-order valence-corrected chi connectivity index (χ4v) is 4.45. The number of nitrogens with zero attached hydrogens (tertiary/aromatic N) is 1. The van der Waals surface area contributed by atoms with Gasteiger partial charge in [0.15, 0.2) is 0 Å². The van der Waals surface area contributed by atoms with Crippen LogP contribution in [0.4, 0.5) is 0 Å². The molecule has 6 nitrogen and oxygen atoms in total. The van der Waals surface area contributed by atoms with Crippen LogP contribution in [0.15, 0.2) is 41.1 Å². The molecule has 1 aromatic rings. The Kier molecular flexibility index (Phi) is 5.06. The van der Waals surface area contributed by atoms with Gasteiger partial charge in [0.1, 0.15) is 0 Å². The summed E-state index contributed by atoms with van der Waals surface area (Å²) < 4.78 is 51.5. The van der Waals surface area contributed by atoms with E-state index >= 15 is 0 Å². The zero-order valence-electron chi connectivity index (χ0n) is 12.4. The van der Waals surface area contributed by atoms with Crippen LogP contribution in [0.3, 0.4) is 0 Å². The van der Waals surface area contributed by atoms with Crippen LogP contribution in [0.25, 0.3) is 0 Å². The molecule has 1 aliphatic heterocycles. The molecule has 1 fully saturated rings. The predicted molar refractivity (Wildman–Crippen MR) is 85.2 cm³/mol. The molecule has 8 heteroatoms. The number of hydrogen-bond donors (Lipinski definition) is 1. The number of sulfonamides is 2. The third-order valence-electron chi connectivity index (χ3n) is 3.70. The van der Waals surface area contributed by atoms with E-state index in [4.69, 9.17) is 0 Å². The smallest absolute Gasteiger partial charge is 0.211 e. The third kappa shape index (κ3) is 3.95. The Morgan fingerprint density at radius 3 is 2.50 bits per heavy atom. The second-order valence-corrected chi connectivity index (χ2v) is 9.04. The monoisotopic (exact) mass is 344 g/mol. The standard InChI is InChI=1S/C14H20N2O4S2/c1-3-21(17,18)15-10-13-8-9-16(11-13)22(19,20)14-6-4-12(2)5-7-14/h3-7,13,15H,1,8-11H2,2H3/t13-/m1/s1. The van der Waals surface area contributed by atoms with E-state index in [0.717, 1.165) is 11.0 Å². The molecule has 0 bridgehead atoms.